The molecular weight excluding hydrogens is 396 g/mol. The highest BCUT2D eigenvalue weighted by atomic mass is 79.9. The third-order valence-corrected chi connectivity index (χ3v) is 4.53. The monoisotopic (exact) mass is 422 g/mol. The Balaban J connectivity index is 2.34. The lowest BCUT2D eigenvalue weighted by atomic mass is 9.81. The molecule has 6 nitrogen and oxygen atoms in total. The third-order valence-electron chi connectivity index (χ3n) is 4.00. The number of rotatable bonds is 7. The molecule has 1 N–H and O–H groups in total. The predicted molar refractivity (Wildman–Crippen MR) is 104 cm³/mol. The molecule has 26 heavy (non-hydrogen) atoms. The Morgan fingerprint density at radius 2 is 1.88 bits per heavy atom. The molecule has 0 radical (unpaired) electrons. The van der Waals surface area contributed by atoms with Crippen molar-refractivity contribution in [2.24, 2.45) is 11.8 Å². The second-order valence-electron chi connectivity index (χ2n) is 7.99. The maximum absolute atomic E-state index is 13.0. The second kappa shape index (κ2) is 8.75. The van der Waals surface area contributed by atoms with Crippen LogP contribution in [0.1, 0.15) is 58.3 Å². The molecule has 0 spiro atoms. The Labute approximate surface area is 163 Å². The number of aromatic amines is 1. The molecule has 0 bridgehead atoms. The van der Waals surface area contributed by atoms with E-state index in [0.717, 1.165) is 10.0 Å². The zero-order valence-corrected chi connectivity index (χ0v) is 17.6. The summed E-state index contributed by atoms with van der Waals surface area (Å²) in [5.41, 5.74) is 0.584. The van der Waals surface area contributed by atoms with Crippen LogP contribution in [0.5, 0.6) is 0 Å². The molecule has 0 saturated carbocycles. The van der Waals surface area contributed by atoms with E-state index in [2.05, 4.69) is 50.4 Å². The van der Waals surface area contributed by atoms with Crippen LogP contribution in [0.3, 0.4) is 0 Å². The first-order valence-electron chi connectivity index (χ1n) is 8.86. The van der Waals surface area contributed by atoms with Gasteiger partial charge < -0.3 is 4.74 Å². The van der Waals surface area contributed by atoms with E-state index in [0.29, 0.717) is 24.6 Å². The van der Waals surface area contributed by atoms with Crippen LogP contribution in [0.15, 0.2) is 28.7 Å². The molecule has 2 aromatic rings. The van der Waals surface area contributed by atoms with Crippen LogP contribution in [0.2, 0.25) is 0 Å². The number of ether oxygens (including phenoxy) is 1. The lowest BCUT2D eigenvalue weighted by molar-refractivity contribution is -0.161. The van der Waals surface area contributed by atoms with Crippen molar-refractivity contribution in [1.29, 1.82) is 0 Å². The molecule has 0 aliphatic carbocycles. The minimum absolute atomic E-state index is 0.177. The first kappa shape index (κ1) is 20.6. The minimum atomic E-state index is -0.534. The fourth-order valence-corrected chi connectivity index (χ4v) is 3.20. The summed E-state index contributed by atoms with van der Waals surface area (Å²) >= 11 is 3.46. The Hall–Kier alpha value is -1.76. The van der Waals surface area contributed by atoms with Crippen molar-refractivity contribution in [3.63, 3.8) is 0 Å². The van der Waals surface area contributed by atoms with Crippen molar-refractivity contribution in [2.45, 2.75) is 59.0 Å². The summed E-state index contributed by atoms with van der Waals surface area (Å²) in [7, 11) is 0. The third kappa shape index (κ3) is 6.20. The van der Waals surface area contributed by atoms with Crippen LogP contribution in [0.25, 0.3) is 0 Å². The van der Waals surface area contributed by atoms with Crippen molar-refractivity contribution >= 4 is 21.9 Å². The number of esters is 1. The standard InChI is InChI=1S/C19H27BrN4O2/c1-12(2)10-16(18(25)26-19(3,4)5)15(17-21-23-24-22-17)11-13-6-8-14(20)9-7-13/h6-9,12,15-16H,10-11H2,1-5H3,(H,21,22,23,24)/t15-,16?/m0/s1. The van der Waals surface area contributed by atoms with Gasteiger partial charge in [-0.05, 0) is 67.7 Å². The summed E-state index contributed by atoms with van der Waals surface area (Å²) < 4.78 is 6.73. The maximum atomic E-state index is 13.0. The van der Waals surface area contributed by atoms with Gasteiger partial charge >= 0.3 is 5.97 Å². The molecule has 2 atom stereocenters. The van der Waals surface area contributed by atoms with E-state index in [1.165, 1.54) is 0 Å². The van der Waals surface area contributed by atoms with Crippen molar-refractivity contribution < 1.29 is 9.53 Å². The molecule has 0 fully saturated rings. The topological polar surface area (TPSA) is 80.8 Å². The molecule has 0 saturated heterocycles. The summed E-state index contributed by atoms with van der Waals surface area (Å²) in [6.45, 7) is 9.87. The van der Waals surface area contributed by atoms with E-state index in [4.69, 9.17) is 4.74 Å². The van der Waals surface area contributed by atoms with E-state index in [1.54, 1.807) is 0 Å². The molecule has 0 aliphatic rings. The van der Waals surface area contributed by atoms with Gasteiger partial charge in [0.1, 0.15) is 5.60 Å². The number of carbonyl (C=O) groups is 1. The van der Waals surface area contributed by atoms with Gasteiger partial charge in [0.05, 0.1) is 5.92 Å². The second-order valence-corrected chi connectivity index (χ2v) is 8.91. The number of H-pyrrole nitrogens is 1. The number of nitrogens with zero attached hydrogens (tertiary/aromatic N) is 3. The average molecular weight is 423 g/mol. The molecule has 1 aromatic heterocycles. The van der Waals surface area contributed by atoms with Crippen molar-refractivity contribution in [1.82, 2.24) is 20.6 Å². The number of tetrazole rings is 1. The number of hydrogen-bond donors (Lipinski definition) is 1. The highest BCUT2D eigenvalue weighted by Gasteiger charge is 2.35. The molecule has 2 rings (SSSR count). The quantitative estimate of drug-likeness (QED) is 0.672. The lowest BCUT2D eigenvalue weighted by Gasteiger charge is -2.29. The number of hydrogen-bond acceptors (Lipinski definition) is 5. The predicted octanol–water partition coefficient (Wildman–Crippen LogP) is 4.29. The van der Waals surface area contributed by atoms with Gasteiger partial charge in [0.2, 0.25) is 0 Å². The minimum Gasteiger partial charge on any atom is -0.460 e. The number of carbonyl (C=O) groups excluding carboxylic acids is 1. The first-order valence-corrected chi connectivity index (χ1v) is 9.66. The van der Waals surface area contributed by atoms with Gasteiger partial charge in [-0.15, -0.1) is 5.10 Å². The Kier molecular flexibility index (Phi) is 6.92. The molecular formula is C19H27BrN4O2. The van der Waals surface area contributed by atoms with Crippen molar-refractivity contribution in [3.8, 4) is 0 Å². The smallest absolute Gasteiger partial charge is 0.310 e. The Bertz CT molecular complexity index is 693. The van der Waals surface area contributed by atoms with Gasteiger partial charge in [0, 0.05) is 10.4 Å². The normalized spacial score (nSPS) is 14.3. The van der Waals surface area contributed by atoms with Crippen LogP contribution in [-0.2, 0) is 16.0 Å². The Morgan fingerprint density at radius 3 is 2.38 bits per heavy atom. The number of benzene rings is 1. The van der Waals surface area contributed by atoms with Crippen LogP contribution >= 0.6 is 15.9 Å². The molecule has 1 unspecified atom stereocenters. The van der Waals surface area contributed by atoms with Gasteiger partial charge in [0.15, 0.2) is 5.82 Å². The zero-order chi connectivity index (χ0) is 19.3. The zero-order valence-electron chi connectivity index (χ0n) is 16.0. The SMILES string of the molecule is CC(C)CC(C(=O)OC(C)(C)C)[C@H](Cc1ccc(Br)cc1)c1nnn[nH]1. The van der Waals surface area contributed by atoms with Gasteiger partial charge in [-0.25, -0.2) is 5.10 Å². The summed E-state index contributed by atoms with van der Waals surface area (Å²) in [4.78, 5) is 13.0. The Morgan fingerprint density at radius 1 is 1.23 bits per heavy atom. The van der Waals surface area contributed by atoms with Gasteiger partial charge in [-0.2, -0.15) is 0 Å². The molecule has 0 amide bonds. The van der Waals surface area contributed by atoms with Gasteiger partial charge in [0.25, 0.3) is 0 Å². The number of halogens is 1. The molecule has 1 aromatic carbocycles. The van der Waals surface area contributed by atoms with Crippen LogP contribution in [0.4, 0.5) is 0 Å². The fraction of sp³-hybridized carbons (Fsp3) is 0.579. The lowest BCUT2D eigenvalue weighted by Crippen LogP contribution is -2.33. The van der Waals surface area contributed by atoms with E-state index in [9.17, 15) is 4.79 Å². The molecule has 0 aliphatic heterocycles. The fourth-order valence-electron chi connectivity index (χ4n) is 2.94. The highest BCUT2D eigenvalue weighted by Crippen LogP contribution is 2.33. The molecule has 142 valence electrons. The van der Waals surface area contributed by atoms with Gasteiger partial charge in [-0.3, -0.25) is 4.79 Å². The highest BCUT2D eigenvalue weighted by molar-refractivity contribution is 9.10. The van der Waals surface area contributed by atoms with E-state index >= 15 is 0 Å². The number of aromatic nitrogens is 4. The summed E-state index contributed by atoms with van der Waals surface area (Å²) in [6.07, 6.45) is 1.36. The van der Waals surface area contributed by atoms with E-state index in [-0.39, 0.29) is 17.8 Å². The van der Waals surface area contributed by atoms with Crippen molar-refractivity contribution in [2.75, 3.05) is 0 Å². The average Bonchev–Trinajstić information content (AvgIpc) is 3.04. The first-order chi connectivity index (χ1) is 12.2. The van der Waals surface area contributed by atoms with Crippen LogP contribution < -0.4 is 0 Å². The van der Waals surface area contributed by atoms with Gasteiger partial charge in [-0.1, -0.05) is 41.9 Å². The number of nitrogens with one attached hydrogen (secondary N) is 1. The van der Waals surface area contributed by atoms with Crippen molar-refractivity contribution in [3.05, 3.63) is 40.1 Å². The van der Waals surface area contributed by atoms with Crippen LogP contribution in [-0.4, -0.2) is 32.2 Å². The molecule has 1 heterocycles. The largest absolute Gasteiger partial charge is 0.460 e. The summed E-state index contributed by atoms with van der Waals surface area (Å²) in [5.74, 6) is 0.251. The molecule has 7 heteroatoms. The summed E-state index contributed by atoms with van der Waals surface area (Å²) in [5, 5.41) is 14.4. The van der Waals surface area contributed by atoms with Crippen LogP contribution in [0, 0.1) is 11.8 Å². The van der Waals surface area contributed by atoms with E-state index in [1.807, 2.05) is 45.0 Å². The van der Waals surface area contributed by atoms with E-state index < -0.39 is 5.60 Å². The maximum Gasteiger partial charge on any atom is 0.310 e. The summed E-state index contributed by atoms with van der Waals surface area (Å²) in [6, 6.07) is 8.08.